The molecule has 0 saturated heterocycles. The Morgan fingerprint density at radius 2 is 2.19 bits per heavy atom. The monoisotopic (exact) mass is 218 g/mol. The Labute approximate surface area is 96.3 Å². The number of hydrogen-bond donors (Lipinski definition) is 1. The summed E-state index contributed by atoms with van der Waals surface area (Å²) in [6.45, 7) is 2.85. The van der Waals surface area contributed by atoms with Crippen molar-refractivity contribution >= 4 is 6.02 Å². The van der Waals surface area contributed by atoms with Gasteiger partial charge in [-0.2, -0.15) is 0 Å². The van der Waals surface area contributed by atoms with Crippen molar-refractivity contribution in [2.75, 3.05) is 6.61 Å². The van der Waals surface area contributed by atoms with Crippen LogP contribution >= 0.6 is 0 Å². The minimum Gasteiger partial charge on any atom is -0.463 e. The molecule has 0 aliphatic carbocycles. The van der Waals surface area contributed by atoms with E-state index in [9.17, 15) is 0 Å². The summed E-state index contributed by atoms with van der Waals surface area (Å²) in [4.78, 5) is 4.27. The van der Waals surface area contributed by atoms with Crippen molar-refractivity contribution in [1.82, 2.24) is 0 Å². The normalized spacial score (nSPS) is 21.3. The van der Waals surface area contributed by atoms with Crippen molar-refractivity contribution < 1.29 is 4.74 Å². The molecule has 3 heteroatoms. The summed E-state index contributed by atoms with van der Waals surface area (Å²) in [6, 6.07) is 11.1. The van der Waals surface area contributed by atoms with E-state index in [-0.39, 0.29) is 6.04 Å². The Bertz CT molecular complexity index is 361. The topological polar surface area (TPSA) is 47.6 Å². The van der Waals surface area contributed by atoms with Gasteiger partial charge in [0.05, 0.1) is 6.04 Å². The molecule has 1 heterocycles. The van der Waals surface area contributed by atoms with Crippen molar-refractivity contribution in [2.45, 2.75) is 25.8 Å². The van der Waals surface area contributed by atoms with Gasteiger partial charge in [0.2, 0.25) is 0 Å². The maximum Gasteiger partial charge on any atom is 0.282 e. The highest BCUT2D eigenvalue weighted by Crippen LogP contribution is 2.18. The van der Waals surface area contributed by atoms with Gasteiger partial charge in [-0.05, 0) is 24.3 Å². The molecule has 0 saturated carbocycles. The molecule has 0 fully saturated rings. The predicted octanol–water partition coefficient (Wildman–Crippen LogP) is 1.97. The van der Waals surface area contributed by atoms with Crippen molar-refractivity contribution in [3.8, 4) is 0 Å². The van der Waals surface area contributed by atoms with Gasteiger partial charge in [0.1, 0.15) is 6.61 Å². The zero-order chi connectivity index (χ0) is 11.4. The van der Waals surface area contributed by atoms with E-state index in [0.29, 0.717) is 18.5 Å². The molecule has 86 valence electrons. The first-order valence-electron chi connectivity index (χ1n) is 5.75. The molecule has 1 aromatic rings. The molecule has 3 nitrogen and oxygen atoms in total. The summed E-state index contributed by atoms with van der Waals surface area (Å²) in [6.07, 6.45) is 2.21. The molecule has 2 atom stereocenters. The van der Waals surface area contributed by atoms with Crippen LogP contribution in [0, 0.1) is 5.92 Å². The number of aryl methyl sites for hydroxylation is 1. The van der Waals surface area contributed by atoms with Crippen molar-refractivity contribution in [1.29, 1.82) is 0 Å². The first kappa shape index (κ1) is 11.0. The van der Waals surface area contributed by atoms with E-state index < -0.39 is 0 Å². The number of aliphatic imine (C=N–C) groups is 1. The van der Waals surface area contributed by atoms with Crippen LogP contribution in [0.25, 0.3) is 0 Å². The fraction of sp³-hybridized carbons (Fsp3) is 0.462. The number of ether oxygens (including phenoxy) is 1. The number of hydrogen-bond acceptors (Lipinski definition) is 3. The van der Waals surface area contributed by atoms with Crippen molar-refractivity contribution in [3.05, 3.63) is 35.9 Å². The first-order valence-corrected chi connectivity index (χ1v) is 5.75. The van der Waals surface area contributed by atoms with E-state index in [1.807, 2.05) is 6.07 Å². The summed E-state index contributed by atoms with van der Waals surface area (Å²) in [5.41, 5.74) is 6.88. The first-order chi connectivity index (χ1) is 7.75. The minimum absolute atomic E-state index is 0.240. The maximum atomic E-state index is 5.50. The van der Waals surface area contributed by atoms with Crippen LogP contribution in [-0.2, 0) is 11.2 Å². The zero-order valence-corrected chi connectivity index (χ0v) is 9.60. The van der Waals surface area contributed by atoms with E-state index in [1.165, 1.54) is 5.56 Å². The minimum atomic E-state index is 0.240. The van der Waals surface area contributed by atoms with E-state index >= 15 is 0 Å². The molecule has 1 aliphatic rings. The van der Waals surface area contributed by atoms with E-state index in [2.05, 4.69) is 36.2 Å². The summed E-state index contributed by atoms with van der Waals surface area (Å²) in [7, 11) is 0. The smallest absolute Gasteiger partial charge is 0.282 e. The van der Waals surface area contributed by atoms with Crippen LogP contribution in [0.2, 0.25) is 0 Å². The number of benzene rings is 1. The van der Waals surface area contributed by atoms with E-state index in [4.69, 9.17) is 10.5 Å². The average molecular weight is 218 g/mol. The second-order valence-electron chi connectivity index (χ2n) is 4.35. The molecule has 16 heavy (non-hydrogen) atoms. The largest absolute Gasteiger partial charge is 0.463 e. The zero-order valence-electron chi connectivity index (χ0n) is 9.60. The van der Waals surface area contributed by atoms with Gasteiger partial charge in [-0.25, -0.2) is 4.99 Å². The van der Waals surface area contributed by atoms with Crippen molar-refractivity contribution in [3.63, 3.8) is 0 Å². The van der Waals surface area contributed by atoms with Gasteiger partial charge in [0, 0.05) is 0 Å². The Morgan fingerprint density at radius 3 is 2.81 bits per heavy atom. The molecular weight excluding hydrogens is 200 g/mol. The van der Waals surface area contributed by atoms with Crippen LogP contribution in [-0.4, -0.2) is 18.7 Å². The molecule has 0 aromatic heterocycles. The highest BCUT2D eigenvalue weighted by Gasteiger charge is 2.22. The Morgan fingerprint density at radius 1 is 1.44 bits per heavy atom. The Hall–Kier alpha value is -1.51. The molecule has 0 radical (unpaired) electrons. The molecule has 2 N–H and O–H groups in total. The molecular formula is C13H18N2O. The lowest BCUT2D eigenvalue weighted by Gasteiger charge is -2.14. The molecule has 0 amide bonds. The highest BCUT2D eigenvalue weighted by atomic mass is 16.5. The second-order valence-corrected chi connectivity index (χ2v) is 4.35. The van der Waals surface area contributed by atoms with Crippen LogP contribution in [0.1, 0.15) is 18.9 Å². The van der Waals surface area contributed by atoms with Gasteiger partial charge >= 0.3 is 0 Å². The third-order valence-corrected chi connectivity index (χ3v) is 3.08. The van der Waals surface area contributed by atoms with E-state index in [1.54, 1.807) is 0 Å². The summed E-state index contributed by atoms with van der Waals surface area (Å²) in [5, 5.41) is 0. The van der Waals surface area contributed by atoms with Crippen LogP contribution in [0.4, 0.5) is 0 Å². The molecule has 0 spiro atoms. The number of amidine groups is 1. The Kier molecular flexibility index (Phi) is 3.44. The lowest BCUT2D eigenvalue weighted by molar-refractivity contribution is 0.276. The van der Waals surface area contributed by atoms with E-state index in [0.717, 1.165) is 12.8 Å². The van der Waals surface area contributed by atoms with Gasteiger partial charge < -0.3 is 10.5 Å². The van der Waals surface area contributed by atoms with Gasteiger partial charge in [-0.1, -0.05) is 37.3 Å². The standard InChI is InChI=1S/C13H18N2O/c1-10(12-9-16-13(14)15-12)7-8-11-5-3-2-4-6-11/h2-6,10,12H,7-9H2,1H3,(H2,14,15)/t10?,12-/m1/s1. The molecule has 1 aliphatic heterocycles. The number of nitrogens with two attached hydrogens (primary N) is 1. The lowest BCUT2D eigenvalue weighted by atomic mass is 9.95. The summed E-state index contributed by atoms with van der Waals surface area (Å²) < 4.78 is 5.17. The van der Waals surface area contributed by atoms with Gasteiger partial charge in [0.25, 0.3) is 6.02 Å². The number of nitrogens with zero attached hydrogens (tertiary/aromatic N) is 1. The fourth-order valence-electron chi connectivity index (χ4n) is 1.93. The molecule has 1 aromatic carbocycles. The van der Waals surface area contributed by atoms with Crippen LogP contribution in [0.5, 0.6) is 0 Å². The lowest BCUT2D eigenvalue weighted by Crippen LogP contribution is -2.17. The van der Waals surface area contributed by atoms with Gasteiger partial charge in [-0.3, -0.25) is 0 Å². The van der Waals surface area contributed by atoms with Crippen LogP contribution < -0.4 is 5.73 Å². The van der Waals surface area contributed by atoms with Crippen molar-refractivity contribution in [2.24, 2.45) is 16.6 Å². The van der Waals surface area contributed by atoms with Crippen LogP contribution in [0.15, 0.2) is 35.3 Å². The van der Waals surface area contributed by atoms with Crippen LogP contribution in [0.3, 0.4) is 0 Å². The van der Waals surface area contributed by atoms with Gasteiger partial charge in [-0.15, -0.1) is 0 Å². The third kappa shape index (κ3) is 2.75. The third-order valence-electron chi connectivity index (χ3n) is 3.08. The summed E-state index contributed by atoms with van der Waals surface area (Å²) in [5.74, 6) is 0.515. The summed E-state index contributed by atoms with van der Waals surface area (Å²) >= 11 is 0. The molecule has 2 rings (SSSR count). The highest BCUT2D eigenvalue weighted by molar-refractivity contribution is 5.73. The SMILES string of the molecule is CC(CCc1ccccc1)[C@H]1COC(N)=N1. The molecule has 1 unspecified atom stereocenters. The number of rotatable bonds is 4. The fourth-order valence-corrected chi connectivity index (χ4v) is 1.93. The quantitative estimate of drug-likeness (QED) is 0.840. The maximum absolute atomic E-state index is 5.50. The van der Waals surface area contributed by atoms with Gasteiger partial charge in [0.15, 0.2) is 0 Å². The second kappa shape index (κ2) is 5.01. The molecule has 0 bridgehead atoms. The Balaban J connectivity index is 1.82. The predicted molar refractivity (Wildman–Crippen MR) is 65.3 cm³/mol. The average Bonchev–Trinajstić information content (AvgIpc) is 2.74.